The van der Waals surface area contributed by atoms with Crippen molar-refractivity contribution in [3.63, 3.8) is 0 Å². The topological polar surface area (TPSA) is 89.6 Å². The SMILES string of the molecule is COc1ccc2c(c1)[C@H]1CC[C@]3(C)CCC[C@H]3[C@@H]1CC2.NS(=O)(=O)O. The first-order valence-electron chi connectivity index (χ1n) is 9.13. The van der Waals surface area contributed by atoms with E-state index in [1.807, 2.05) is 0 Å². The van der Waals surface area contributed by atoms with Gasteiger partial charge in [-0.1, -0.05) is 19.4 Å². The number of hydrogen-bond acceptors (Lipinski definition) is 3. The molecular weight excluding hydrogens is 338 g/mol. The lowest BCUT2D eigenvalue weighted by Gasteiger charge is -2.49. The zero-order chi connectivity index (χ0) is 18.2. The number of nitrogens with two attached hydrogens (primary N) is 1. The molecule has 6 heteroatoms. The van der Waals surface area contributed by atoms with Gasteiger partial charge in [-0.3, -0.25) is 4.55 Å². The molecule has 1 aromatic carbocycles. The largest absolute Gasteiger partial charge is 0.497 e. The predicted molar refractivity (Wildman–Crippen MR) is 98.0 cm³/mol. The summed E-state index contributed by atoms with van der Waals surface area (Å²) in [6.45, 7) is 2.57. The maximum atomic E-state index is 8.97. The molecule has 4 atom stereocenters. The van der Waals surface area contributed by atoms with E-state index < -0.39 is 10.3 Å². The van der Waals surface area contributed by atoms with E-state index in [0.29, 0.717) is 5.41 Å². The number of fused-ring (bicyclic) bond motifs is 5. The molecule has 5 nitrogen and oxygen atoms in total. The van der Waals surface area contributed by atoms with Gasteiger partial charge in [-0.25, -0.2) is 5.14 Å². The van der Waals surface area contributed by atoms with E-state index in [4.69, 9.17) is 17.7 Å². The summed E-state index contributed by atoms with van der Waals surface area (Å²) < 4.78 is 30.7. The molecule has 4 rings (SSSR count). The summed E-state index contributed by atoms with van der Waals surface area (Å²) in [5.74, 6) is 3.78. The molecule has 2 saturated carbocycles. The Kier molecular flexibility index (Phi) is 5.15. The van der Waals surface area contributed by atoms with Gasteiger partial charge in [0.2, 0.25) is 0 Å². The first-order valence-corrected chi connectivity index (χ1v) is 10.6. The van der Waals surface area contributed by atoms with Gasteiger partial charge in [0.15, 0.2) is 0 Å². The van der Waals surface area contributed by atoms with Gasteiger partial charge in [-0.05, 0) is 85.0 Å². The third-order valence-corrected chi connectivity index (χ3v) is 6.72. The van der Waals surface area contributed by atoms with Crippen molar-refractivity contribution in [1.29, 1.82) is 0 Å². The fourth-order valence-electron chi connectivity index (χ4n) is 5.66. The predicted octanol–water partition coefficient (Wildman–Crippen LogP) is 3.69. The van der Waals surface area contributed by atoms with E-state index in [9.17, 15) is 0 Å². The molecule has 2 fully saturated rings. The molecule has 0 aromatic heterocycles. The van der Waals surface area contributed by atoms with Crippen molar-refractivity contribution in [3.8, 4) is 5.75 Å². The van der Waals surface area contributed by atoms with Crippen LogP contribution in [0.4, 0.5) is 0 Å². The van der Waals surface area contributed by atoms with Crippen molar-refractivity contribution < 1.29 is 17.7 Å². The van der Waals surface area contributed by atoms with Gasteiger partial charge < -0.3 is 4.74 Å². The zero-order valence-electron chi connectivity index (χ0n) is 15.1. The fourth-order valence-corrected chi connectivity index (χ4v) is 5.66. The maximum absolute atomic E-state index is 8.97. The van der Waals surface area contributed by atoms with Crippen LogP contribution in [0.5, 0.6) is 5.75 Å². The van der Waals surface area contributed by atoms with Crippen LogP contribution >= 0.6 is 0 Å². The van der Waals surface area contributed by atoms with Crippen LogP contribution in [-0.2, 0) is 16.7 Å². The fraction of sp³-hybridized carbons (Fsp3) is 0.684. The third kappa shape index (κ3) is 4.01. The highest BCUT2D eigenvalue weighted by molar-refractivity contribution is 7.83. The molecule has 0 spiro atoms. The first kappa shape index (κ1) is 18.7. The minimum absolute atomic E-state index is 0.664. The summed E-state index contributed by atoms with van der Waals surface area (Å²) in [4.78, 5) is 0. The molecule has 0 amide bonds. The normalized spacial score (nSPS) is 33.4. The lowest BCUT2D eigenvalue weighted by Crippen LogP contribution is -2.39. The molecule has 0 heterocycles. The highest BCUT2D eigenvalue weighted by atomic mass is 32.2. The Hall–Kier alpha value is -1.11. The zero-order valence-corrected chi connectivity index (χ0v) is 15.9. The molecule has 3 aliphatic carbocycles. The van der Waals surface area contributed by atoms with E-state index in [-0.39, 0.29) is 0 Å². The van der Waals surface area contributed by atoms with Crippen molar-refractivity contribution in [2.24, 2.45) is 22.4 Å². The smallest absolute Gasteiger partial charge is 0.330 e. The van der Waals surface area contributed by atoms with Gasteiger partial charge in [-0.15, -0.1) is 0 Å². The van der Waals surface area contributed by atoms with Crippen molar-refractivity contribution in [2.75, 3.05) is 7.11 Å². The quantitative estimate of drug-likeness (QED) is 0.741. The van der Waals surface area contributed by atoms with Gasteiger partial charge in [0.05, 0.1) is 7.11 Å². The van der Waals surface area contributed by atoms with Gasteiger partial charge in [-0.2, -0.15) is 8.42 Å². The highest BCUT2D eigenvalue weighted by Gasteiger charge is 2.50. The minimum Gasteiger partial charge on any atom is -0.497 e. The second-order valence-electron chi connectivity index (χ2n) is 8.08. The second kappa shape index (κ2) is 6.89. The Labute approximate surface area is 150 Å². The lowest BCUT2D eigenvalue weighted by atomic mass is 9.56. The van der Waals surface area contributed by atoms with Crippen molar-refractivity contribution in [1.82, 2.24) is 0 Å². The summed E-state index contributed by atoms with van der Waals surface area (Å²) in [6.07, 6.45) is 9.98. The lowest BCUT2D eigenvalue weighted by molar-refractivity contribution is 0.0598. The Morgan fingerprint density at radius 2 is 1.96 bits per heavy atom. The van der Waals surface area contributed by atoms with Crippen molar-refractivity contribution in [3.05, 3.63) is 29.3 Å². The number of methoxy groups -OCH3 is 1. The van der Waals surface area contributed by atoms with Crippen molar-refractivity contribution in [2.45, 2.75) is 57.8 Å². The van der Waals surface area contributed by atoms with Crippen LogP contribution in [0, 0.1) is 17.3 Å². The molecule has 0 unspecified atom stereocenters. The number of rotatable bonds is 1. The van der Waals surface area contributed by atoms with Gasteiger partial charge in [0.1, 0.15) is 5.75 Å². The molecule has 0 aliphatic heterocycles. The minimum atomic E-state index is -4.17. The standard InChI is InChI=1S/C19H26O.H3NO3S/c1-19-10-3-4-18(19)16-8-6-13-5-7-14(20-2)12-17(13)15(16)9-11-19;1-5(2,3)4/h5,7,12,15-16,18H,3-4,6,8-11H2,1-2H3;(H3,1,2,3,4)/t15-,16+,18-,19-;/m0./s1. The van der Waals surface area contributed by atoms with Crippen LogP contribution in [0.25, 0.3) is 0 Å². The number of hydrogen-bond donors (Lipinski definition) is 2. The average molecular weight is 368 g/mol. The Morgan fingerprint density at radius 3 is 2.64 bits per heavy atom. The molecule has 0 bridgehead atoms. The molecule has 1 aromatic rings. The molecule has 3 N–H and O–H groups in total. The van der Waals surface area contributed by atoms with Gasteiger partial charge >= 0.3 is 10.3 Å². The molecule has 0 saturated heterocycles. The summed E-state index contributed by atoms with van der Waals surface area (Å²) in [6, 6.07) is 6.79. The van der Waals surface area contributed by atoms with Crippen LogP contribution < -0.4 is 9.88 Å². The summed E-state index contributed by atoms with van der Waals surface area (Å²) in [7, 11) is -2.38. The molecule has 3 aliphatic rings. The number of aryl methyl sites for hydroxylation is 1. The maximum Gasteiger partial charge on any atom is 0.330 e. The summed E-state index contributed by atoms with van der Waals surface area (Å²) in [5.41, 5.74) is 3.88. The Morgan fingerprint density at radius 1 is 1.24 bits per heavy atom. The van der Waals surface area contributed by atoms with E-state index in [2.05, 4.69) is 30.3 Å². The molecule has 0 radical (unpaired) electrons. The first-order chi connectivity index (χ1) is 11.7. The molecule has 25 heavy (non-hydrogen) atoms. The highest BCUT2D eigenvalue weighted by Crippen LogP contribution is 2.60. The average Bonchev–Trinajstić information content (AvgIpc) is 2.94. The van der Waals surface area contributed by atoms with Crippen molar-refractivity contribution >= 4 is 10.3 Å². The molecular formula is C19H29NO4S. The monoisotopic (exact) mass is 367 g/mol. The van der Waals surface area contributed by atoms with Crippen LogP contribution in [0.15, 0.2) is 18.2 Å². The van der Waals surface area contributed by atoms with Crippen LogP contribution in [0.3, 0.4) is 0 Å². The summed E-state index contributed by atoms with van der Waals surface area (Å²) in [5, 5.41) is 3.88. The van der Waals surface area contributed by atoms with Crippen LogP contribution in [0.1, 0.15) is 62.5 Å². The van der Waals surface area contributed by atoms with Crippen LogP contribution in [0.2, 0.25) is 0 Å². The summed E-state index contributed by atoms with van der Waals surface area (Å²) >= 11 is 0. The van der Waals surface area contributed by atoms with E-state index in [0.717, 1.165) is 23.5 Å². The van der Waals surface area contributed by atoms with E-state index >= 15 is 0 Å². The molecule has 140 valence electrons. The third-order valence-electron chi connectivity index (χ3n) is 6.72. The van der Waals surface area contributed by atoms with E-state index in [1.165, 1.54) is 44.9 Å². The Bertz CT molecular complexity index is 725. The van der Waals surface area contributed by atoms with Crippen LogP contribution in [-0.4, -0.2) is 20.1 Å². The van der Waals surface area contributed by atoms with Gasteiger partial charge in [0, 0.05) is 0 Å². The Balaban J connectivity index is 0.000000324. The second-order valence-corrected chi connectivity index (χ2v) is 9.11. The van der Waals surface area contributed by atoms with E-state index in [1.54, 1.807) is 18.2 Å². The number of ether oxygens (including phenoxy) is 1. The van der Waals surface area contributed by atoms with Gasteiger partial charge in [0.25, 0.3) is 0 Å². The number of benzene rings is 1.